The molecular formula is C29H22N4O7. The number of nitro benzene ring substituents is 1. The standard InChI is InChI=1S/C29H22N4O7/c34-27(30-17-6-8-18(9-7-17)33(37)38)26-25-24(21-11-5-16-3-1-2-4-20(16)32(21)26)28(35)31(29(25)36)19-10-12-22-23(15-19)40-14-13-39-22/h1-12,15,21,24-26H,13-14H2,(H,30,34)/t21-,24-,25+,26+/m1/s1. The second-order valence-electron chi connectivity index (χ2n) is 9.95. The lowest BCUT2D eigenvalue weighted by molar-refractivity contribution is -0.384. The van der Waals surface area contributed by atoms with E-state index in [-0.39, 0.29) is 5.69 Å². The Bertz CT molecular complexity index is 1620. The third-order valence-corrected chi connectivity index (χ3v) is 7.81. The van der Waals surface area contributed by atoms with Crippen LogP contribution < -0.4 is 24.6 Å². The van der Waals surface area contributed by atoms with Crippen LogP contribution in [-0.2, 0) is 14.4 Å². The van der Waals surface area contributed by atoms with E-state index in [2.05, 4.69) is 5.32 Å². The fourth-order valence-corrected chi connectivity index (χ4v) is 6.12. The smallest absolute Gasteiger partial charge is 0.269 e. The van der Waals surface area contributed by atoms with Crippen molar-refractivity contribution >= 4 is 46.5 Å². The number of imide groups is 1. The molecule has 4 heterocycles. The van der Waals surface area contributed by atoms with Crippen LogP contribution >= 0.6 is 0 Å². The molecule has 2 saturated heterocycles. The molecule has 0 spiro atoms. The first-order valence-electron chi connectivity index (χ1n) is 12.8. The molecule has 1 N–H and O–H groups in total. The number of ether oxygens (including phenoxy) is 2. The molecule has 3 aromatic rings. The summed E-state index contributed by atoms with van der Waals surface area (Å²) in [7, 11) is 0. The van der Waals surface area contributed by atoms with E-state index in [1.807, 2.05) is 41.3 Å². The summed E-state index contributed by atoms with van der Waals surface area (Å²) in [6, 6.07) is 16.4. The van der Waals surface area contributed by atoms with Crippen molar-refractivity contribution < 1.29 is 28.8 Å². The highest BCUT2D eigenvalue weighted by Gasteiger charge is 2.64. The topological polar surface area (TPSA) is 131 Å². The molecule has 2 fully saturated rings. The lowest BCUT2D eigenvalue weighted by atomic mass is 9.88. The predicted molar refractivity (Wildman–Crippen MR) is 144 cm³/mol. The number of para-hydroxylation sites is 1. The van der Waals surface area contributed by atoms with Gasteiger partial charge in [-0.2, -0.15) is 0 Å². The summed E-state index contributed by atoms with van der Waals surface area (Å²) in [5.74, 6) is -2.12. The van der Waals surface area contributed by atoms with Gasteiger partial charge in [0.15, 0.2) is 11.5 Å². The minimum absolute atomic E-state index is 0.110. The Morgan fingerprint density at radius 2 is 1.65 bits per heavy atom. The van der Waals surface area contributed by atoms with E-state index < -0.39 is 46.6 Å². The number of carbonyl (C=O) groups is 3. The molecule has 4 atom stereocenters. The van der Waals surface area contributed by atoms with E-state index in [1.165, 1.54) is 24.3 Å². The number of hydrogen-bond donors (Lipinski definition) is 1. The molecule has 0 bridgehead atoms. The largest absolute Gasteiger partial charge is 0.486 e. The molecule has 4 aliphatic rings. The monoisotopic (exact) mass is 538 g/mol. The maximum absolute atomic E-state index is 14.0. The van der Waals surface area contributed by atoms with Crippen LogP contribution in [0.2, 0.25) is 0 Å². The molecule has 0 unspecified atom stereocenters. The first-order valence-corrected chi connectivity index (χ1v) is 12.8. The van der Waals surface area contributed by atoms with Gasteiger partial charge in [-0.05, 0) is 35.9 Å². The Labute approximate surface area is 227 Å². The third-order valence-electron chi connectivity index (χ3n) is 7.81. The second-order valence-corrected chi connectivity index (χ2v) is 9.95. The van der Waals surface area contributed by atoms with Crippen molar-refractivity contribution in [1.29, 1.82) is 0 Å². The van der Waals surface area contributed by atoms with Gasteiger partial charge < -0.3 is 19.7 Å². The Balaban J connectivity index is 1.27. The zero-order chi connectivity index (χ0) is 27.5. The number of carbonyl (C=O) groups excluding carboxylic acids is 3. The Hall–Kier alpha value is -5.19. The van der Waals surface area contributed by atoms with Gasteiger partial charge in [-0.25, -0.2) is 4.90 Å². The number of anilines is 3. The van der Waals surface area contributed by atoms with E-state index in [4.69, 9.17) is 9.47 Å². The minimum atomic E-state index is -1.00. The molecule has 200 valence electrons. The molecule has 0 radical (unpaired) electrons. The molecule has 40 heavy (non-hydrogen) atoms. The normalized spacial score (nSPS) is 23.9. The fraction of sp³-hybridized carbons (Fsp3) is 0.207. The molecule has 7 rings (SSSR count). The lowest BCUT2D eigenvalue weighted by Gasteiger charge is -2.36. The number of amides is 3. The summed E-state index contributed by atoms with van der Waals surface area (Å²) in [6.07, 6.45) is 3.78. The SMILES string of the molecule is O=C(Nc1ccc([N+](=O)[O-])cc1)[C@@H]1[C@H]2C(=O)N(c3ccc4c(c3)OCCO4)C(=O)[C@@H]2[C@H]2C=Cc3ccccc3N21. The molecule has 11 nitrogen and oxygen atoms in total. The number of nitrogens with one attached hydrogen (secondary N) is 1. The van der Waals surface area contributed by atoms with Gasteiger partial charge in [0, 0.05) is 29.6 Å². The predicted octanol–water partition coefficient (Wildman–Crippen LogP) is 3.39. The van der Waals surface area contributed by atoms with E-state index in [1.54, 1.807) is 18.2 Å². The number of benzene rings is 3. The van der Waals surface area contributed by atoms with Gasteiger partial charge in [0.05, 0.1) is 28.5 Å². The average Bonchev–Trinajstić information content (AvgIpc) is 3.45. The van der Waals surface area contributed by atoms with Crippen molar-refractivity contribution in [1.82, 2.24) is 0 Å². The maximum atomic E-state index is 14.0. The summed E-state index contributed by atoms with van der Waals surface area (Å²) >= 11 is 0. The van der Waals surface area contributed by atoms with Crippen molar-refractivity contribution in [3.63, 3.8) is 0 Å². The van der Waals surface area contributed by atoms with Crippen LogP contribution in [0.3, 0.4) is 0 Å². The molecule has 3 aromatic carbocycles. The molecule has 4 aliphatic heterocycles. The number of non-ortho nitro benzene ring substituents is 1. The summed E-state index contributed by atoms with van der Waals surface area (Å²) < 4.78 is 11.2. The summed E-state index contributed by atoms with van der Waals surface area (Å²) in [6.45, 7) is 0.769. The molecule has 3 amide bonds. The van der Waals surface area contributed by atoms with E-state index >= 15 is 0 Å². The Morgan fingerprint density at radius 3 is 2.42 bits per heavy atom. The maximum Gasteiger partial charge on any atom is 0.269 e. The Kier molecular flexibility index (Phi) is 5.34. The molecule has 11 heteroatoms. The summed E-state index contributed by atoms with van der Waals surface area (Å²) in [5, 5.41) is 13.9. The molecule has 0 aromatic heterocycles. The van der Waals surface area contributed by atoms with Gasteiger partial charge in [-0.3, -0.25) is 24.5 Å². The summed E-state index contributed by atoms with van der Waals surface area (Å²) in [4.78, 5) is 55.4. The van der Waals surface area contributed by atoms with Crippen molar-refractivity contribution in [3.05, 3.63) is 88.5 Å². The van der Waals surface area contributed by atoms with Gasteiger partial charge in [-0.15, -0.1) is 0 Å². The van der Waals surface area contributed by atoms with Crippen molar-refractivity contribution in [3.8, 4) is 11.5 Å². The van der Waals surface area contributed by atoms with Crippen molar-refractivity contribution in [2.24, 2.45) is 11.8 Å². The molecular weight excluding hydrogens is 516 g/mol. The van der Waals surface area contributed by atoms with Gasteiger partial charge in [-0.1, -0.05) is 30.4 Å². The minimum Gasteiger partial charge on any atom is -0.486 e. The highest BCUT2D eigenvalue weighted by molar-refractivity contribution is 6.25. The fourth-order valence-electron chi connectivity index (χ4n) is 6.12. The highest BCUT2D eigenvalue weighted by atomic mass is 16.6. The van der Waals surface area contributed by atoms with Crippen LogP contribution in [0.1, 0.15) is 5.56 Å². The average molecular weight is 539 g/mol. The van der Waals surface area contributed by atoms with E-state index in [0.29, 0.717) is 36.1 Å². The quantitative estimate of drug-likeness (QED) is 0.304. The van der Waals surface area contributed by atoms with Gasteiger partial charge >= 0.3 is 0 Å². The van der Waals surface area contributed by atoms with E-state index in [9.17, 15) is 24.5 Å². The lowest BCUT2D eigenvalue weighted by Crippen LogP contribution is -2.50. The first-order chi connectivity index (χ1) is 19.4. The number of nitro groups is 1. The van der Waals surface area contributed by atoms with E-state index in [0.717, 1.165) is 16.2 Å². The van der Waals surface area contributed by atoms with Crippen molar-refractivity contribution in [2.45, 2.75) is 12.1 Å². The summed E-state index contributed by atoms with van der Waals surface area (Å²) in [5.41, 5.74) is 2.21. The van der Waals surface area contributed by atoms with Gasteiger partial charge in [0.1, 0.15) is 19.3 Å². The molecule has 0 saturated carbocycles. The van der Waals surface area contributed by atoms with Gasteiger partial charge in [0.25, 0.3) is 5.69 Å². The van der Waals surface area contributed by atoms with Crippen LogP contribution in [-0.4, -0.2) is 47.9 Å². The second kappa shape index (κ2) is 8.94. The Morgan fingerprint density at radius 1 is 0.925 bits per heavy atom. The first kappa shape index (κ1) is 23.9. The zero-order valence-electron chi connectivity index (χ0n) is 20.9. The van der Waals surface area contributed by atoms with Crippen LogP contribution in [0.15, 0.2) is 72.8 Å². The third kappa shape index (κ3) is 3.54. The van der Waals surface area contributed by atoms with Crippen LogP contribution in [0.25, 0.3) is 6.08 Å². The van der Waals surface area contributed by atoms with Crippen LogP contribution in [0, 0.1) is 22.0 Å². The van der Waals surface area contributed by atoms with Crippen molar-refractivity contribution in [2.75, 3.05) is 28.3 Å². The number of nitrogens with zero attached hydrogens (tertiary/aromatic N) is 3. The zero-order valence-corrected chi connectivity index (χ0v) is 20.9. The number of rotatable bonds is 4. The highest BCUT2D eigenvalue weighted by Crippen LogP contribution is 2.50. The van der Waals surface area contributed by atoms with Crippen LogP contribution in [0.5, 0.6) is 11.5 Å². The molecule has 0 aliphatic carbocycles. The van der Waals surface area contributed by atoms with Crippen LogP contribution in [0.4, 0.5) is 22.7 Å². The van der Waals surface area contributed by atoms with Gasteiger partial charge in [0.2, 0.25) is 17.7 Å². The number of fused-ring (bicyclic) bond motifs is 6. The number of hydrogen-bond acceptors (Lipinski definition) is 8.